The Morgan fingerprint density at radius 1 is 0.706 bits per heavy atom. The molecule has 0 spiro atoms. The Balaban J connectivity index is 1.84. The Kier molecular flexibility index (Phi) is 5.10. The molecule has 0 aromatic rings. The van der Waals surface area contributed by atoms with Crippen LogP contribution in [0.5, 0.6) is 0 Å². The summed E-state index contributed by atoms with van der Waals surface area (Å²) in [6.45, 7) is 5.17. The molecule has 0 saturated heterocycles. The minimum Gasteiger partial charge on any atom is -0.334 e. The van der Waals surface area contributed by atoms with Crippen LogP contribution in [0.25, 0.3) is 0 Å². The maximum Gasteiger partial charge on any atom is 0.122 e. The van der Waals surface area contributed by atoms with Crippen molar-refractivity contribution < 1.29 is 0 Å². The third kappa shape index (κ3) is 4.10. The van der Waals surface area contributed by atoms with E-state index in [1.54, 1.807) is 0 Å². The summed E-state index contributed by atoms with van der Waals surface area (Å²) in [7, 11) is -1.15. The van der Waals surface area contributed by atoms with E-state index in [-0.39, 0.29) is 0 Å². The molecule has 0 radical (unpaired) electrons. The molecular formula is C15H31NSi. The van der Waals surface area contributed by atoms with E-state index < -0.39 is 8.24 Å². The molecule has 0 amide bonds. The monoisotopic (exact) mass is 253 g/mol. The van der Waals surface area contributed by atoms with Gasteiger partial charge in [-0.1, -0.05) is 70.9 Å². The highest BCUT2D eigenvalue weighted by molar-refractivity contribution is 6.76. The van der Waals surface area contributed by atoms with Gasteiger partial charge in [-0.25, -0.2) is 0 Å². The fraction of sp³-hybridized carbons (Fsp3) is 1.00. The zero-order valence-electron chi connectivity index (χ0n) is 11.9. The van der Waals surface area contributed by atoms with Crippen molar-refractivity contribution in [2.75, 3.05) is 0 Å². The van der Waals surface area contributed by atoms with Gasteiger partial charge < -0.3 is 4.98 Å². The molecule has 0 heterocycles. The van der Waals surface area contributed by atoms with Crippen molar-refractivity contribution in [3.05, 3.63) is 0 Å². The quantitative estimate of drug-likeness (QED) is 0.710. The van der Waals surface area contributed by atoms with Gasteiger partial charge in [-0.15, -0.1) is 0 Å². The van der Waals surface area contributed by atoms with Gasteiger partial charge in [0.05, 0.1) is 0 Å². The van der Waals surface area contributed by atoms with Crippen LogP contribution < -0.4 is 4.98 Å². The lowest BCUT2D eigenvalue weighted by atomic mass is 9.97. The van der Waals surface area contributed by atoms with Gasteiger partial charge >= 0.3 is 0 Å². The van der Waals surface area contributed by atoms with E-state index in [0.29, 0.717) is 0 Å². The van der Waals surface area contributed by atoms with Crippen molar-refractivity contribution in [2.24, 2.45) is 0 Å². The summed E-state index contributed by atoms with van der Waals surface area (Å²) >= 11 is 0. The average Bonchev–Trinajstić information content (AvgIpc) is 2.75. The van der Waals surface area contributed by atoms with Gasteiger partial charge in [0.2, 0.25) is 0 Å². The Morgan fingerprint density at radius 2 is 1.18 bits per heavy atom. The summed E-state index contributed by atoms with van der Waals surface area (Å²) in [6.07, 6.45) is 16.3. The molecule has 2 aliphatic rings. The molecule has 1 nitrogen and oxygen atoms in total. The van der Waals surface area contributed by atoms with E-state index in [0.717, 1.165) is 11.6 Å². The molecule has 2 rings (SSSR count). The molecule has 17 heavy (non-hydrogen) atoms. The van der Waals surface area contributed by atoms with Crippen LogP contribution in [-0.2, 0) is 0 Å². The summed E-state index contributed by atoms with van der Waals surface area (Å²) in [5.41, 5.74) is 1.06. The number of nitrogens with one attached hydrogen (secondary N) is 1. The molecule has 2 aliphatic carbocycles. The molecule has 2 heteroatoms. The second-order valence-electron chi connectivity index (χ2n) is 6.89. The highest BCUT2D eigenvalue weighted by Crippen LogP contribution is 2.37. The normalized spacial score (nSPS) is 25.8. The first-order chi connectivity index (χ1) is 8.18. The lowest BCUT2D eigenvalue weighted by molar-refractivity contribution is 0.426. The van der Waals surface area contributed by atoms with Crippen molar-refractivity contribution >= 4 is 8.24 Å². The lowest BCUT2D eigenvalue weighted by Gasteiger charge is -2.35. The third-order valence-corrected chi connectivity index (χ3v) is 8.83. The fourth-order valence-corrected chi connectivity index (χ4v) is 7.32. The first kappa shape index (κ1) is 13.6. The van der Waals surface area contributed by atoms with Crippen LogP contribution in [0.4, 0.5) is 0 Å². The highest BCUT2D eigenvalue weighted by atomic mass is 28.3. The van der Waals surface area contributed by atoms with E-state index in [9.17, 15) is 0 Å². The van der Waals surface area contributed by atoms with E-state index in [2.05, 4.69) is 18.1 Å². The molecule has 0 bridgehead atoms. The van der Waals surface area contributed by atoms with E-state index in [4.69, 9.17) is 0 Å². The van der Waals surface area contributed by atoms with Gasteiger partial charge in [0.15, 0.2) is 0 Å². The van der Waals surface area contributed by atoms with Gasteiger partial charge in [-0.05, 0) is 18.4 Å². The Bertz CT molecular complexity index is 213. The van der Waals surface area contributed by atoms with Gasteiger partial charge in [0.1, 0.15) is 8.24 Å². The molecule has 0 aromatic heterocycles. The summed E-state index contributed by atoms with van der Waals surface area (Å²) in [6, 6.07) is 0.859. The largest absolute Gasteiger partial charge is 0.334 e. The molecule has 1 N–H and O–H groups in total. The van der Waals surface area contributed by atoms with Crippen LogP contribution in [0.1, 0.15) is 70.6 Å². The smallest absolute Gasteiger partial charge is 0.122 e. The maximum atomic E-state index is 4.14. The van der Waals surface area contributed by atoms with Crippen LogP contribution in [0.15, 0.2) is 0 Å². The van der Waals surface area contributed by atoms with Crippen LogP contribution in [-0.4, -0.2) is 14.3 Å². The second-order valence-corrected chi connectivity index (χ2v) is 11.4. The van der Waals surface area contributed by atoms with E-state index in [1.807, 2.05) is 0 Å². The van der Waals surface area contributed by atoms with Gasteiger partial charge in [-0.3, -0.25) is 0 Å². The topological polar surface area (TPSA) is 12.0 Å². The molecule has 0 unspecified atom stereocenters. The Morgan fingerprint density at radius 3 is 1.76 bits per heavy atom. The third-order valence-electron chi connectivity index (χ3n) is 5.06. The van der Waals surface area contributed by atoms with Crippen molar-refractivity contribution in [3.63, 3.8) is 0 Å². The molecule has 2 fully saturated rings. The SMILES string of the molecule is C[Si](C)(NC1CCCCCCC1)C1CCCC1. The summed E-state index contributed by atoms with van der Waals surface area (Å²) in [5, 5.41) is 0. The second kappa shape index (κ2) is 6.37. The molecule has 2 saturated carbocycles. The van der Waals surface area contributed by atoms with Crippen LogP contribution in [0, 0.1) is 0 Å². The van der Waals surface area contributed by atoms with Crippen molar-refractivity contribution in [3.8, 4) is 0 Å². The average molecular weight is 254 g/mol. The molecule has 0 aliphatic heterocycles. The van der Waals surface area contributed by atoms with Crippen molar-refractivity contribution in [1.29, 1.82) is 0 Å². The lowest BCUT2D eigenvalue weighted by Crippen LogP contribution is -2.53. The van der Waals surface area contributed by atoms with Crippen molar-refractivity contribution in [1.82, 2.24) is 4.98 Å². The number of rotatable bonds is 3. The van der Waals surface area contributed by atoms with E-state index in [1.165, 1.54) is 70.6 Å². The zero-order valence-corrected chi connectivity index (χ0v) is 12.9. The predicted molar refractivity (Wildman–Crippen MR) is 78.9 cm³/mol. The number of hydrogen-bond donors (Lipinski definition) is 1. The summed E-state index contributed by atoms with van der Waals surface area (Å²) in [4.78, 5) is 4.14. The molecule has 0 aromatic carbocycles. The predicted octanol–water partition coefficient (Wildman–Crippen LogP) is 4.84. The standard InChI is InChI=1S/C15H31NSi/c1-17(2,15-12-8-9-13-15)16-14-10-6-4-3-5-7-11-14/h14-16H,3-13H2,1-2H3. The van der Waals surface area contributed by atoms with Crippen LogP contribution in [0.2, 0.25) is 18.6 Å². The number of hydrogen-bond acceptors (Lipinski definition) is 1. The van der Waals surface area contributed by atoms with Crippen LogP contribution in [0.3, 0.4) is 0 Å². The maximum absolute atomic E-state index is 4.14. The molecular weight excluding hydrogens is 222 g/mol. The van der Waals surface area contributed by atoms with Crippen molar-refractivity contribution in [2.45, 2.75) is 95.3 Å². The minimum atomic E-state index is -1.15. The first-order valence-corrected chi connectivity index (χ1v) is 11.0. The fourth-order valence-electron chi connectivity index (χ4n) is 3.89. The molecule has 0 atom stereocenters. The van der Waals surface area contributed by atoms with Crippen LogP contribution >= 0.6 is 0 Å². The van der Waals surface area contributed by atoms with E-state index >= 15 is 0 Å². The van der Waals surface area contributed by atoms with Gasteiger partial charge in [-0.2, -0.15) is 0 Å². The van der Waals surface area contributed by atoms with Gasteiger partial charge in [0, 0.05) is 6.04 Å². The van der Waals surface area contributed by atoms with Gasteiger partial charge in [0.25, 0.3) is 0 Å². The molecule has 100 valence electrons. The Labute approximate surface area is 109 Å². The summed E-state index contributed by atoms with van der Waals surface area (Å²) in [5.74, 6) is 0. The first-order valence-electron chi connectivity index (χ1n) is 7.96. The Hall–Kier alpha value is 0.177. The summed E-state index contributed by atoms with van der Waals surface area (Å²) < 4.78 is 0. The highest BCUT2D eigenvalue weighted by Gasteiger charge is 2.35. The zero-order chi connectivity index (χ0) is 12.1. The minimum absolute atomic E-state index is 0.859.